The van der Waals surface area contributed by atoms with E-state index in [-0.39, 0.29) is 5.54 Å². The summed E-state index contributed by atoms with van der Waals surface area (Å²) in [6.45, 7) is 10.4. The second-order valence-corrected chi connectivity index (χ2v) is 3.16. The Morgan fingerprint density at radius 1 is 1.18 bits per heavy atom. The number of nitrogens with zero attached hydrogens (tertiary/aromatic N) is 2. The second kappa shape index (κ2) is 6.20. The van der Waals surface area contributed by atoms with Gasteiger partial charge in [-0.15, -0.1) is 0 Å². The molecule has 0 aliphatic carbocycles. The van der Waals surface area contributed by atoms with Gasteiger partial charge in [0, 0.05) is 19.6 Å². The molecule has 11 heavy (non-hydrogen) atoms. The van der Waals surface area contributed by atoms with Crippen LogP contribution in [-0.2, 0) is 0 Å². The molecule has 68 valence electrons. The van der Waals surface area contributed by atoms with Crippen molar-refractivity contribution in [2.75, 3.05) is 14.1 Å². The van der Waals surface area contributed by atoms with E-state index in [1.165, 1.54) is 0 Å². The average Bonchev–Trinajstić information content (AvgIpc) is 1.91. The molecule has 0 aromatic carbocycles. The van der Waals surface area contributed by atoms with Crippen molar-refractivity contribution < 1.29 is 0 Å². The van der Waals surface area contributed by atoms with Gasteiger partial charge in [-0.25, -0.2) is 0 Å². The largest absolute Gasteiger partial charge is 0.361 e. The van der Waals surface area contributed by atoms with Crippen LogP contribution in [0.2, 0.25) is 0 Å². The summed E-state index contributed by atoms with van der Waals surface area (Å²) in [7, 11) is 3.80. The molecule has 0 aliphatic rings. The molecule has 0 saturated carbocycles. The Morgan fingerprint density at radius 3 is 1.64 bits per heavy atom. The van der Waals surface area contributed by atoms with E-state index < -0.39 is 0 Å². The van der Waals surface area contributed by atoms with Crippen LogP contribution in [0, 0.1) is 0 Å². The molecule has 0 fully saturated rings. The van der Waals surface area contributed by atoms with Crippen LogP contribution in [0.15, 0.2) is 4.99 Å². The molecule has 0 aromatic rings. The van der Waals surface area contributed by atoms with Gasteiger partial charge in [-0.05, 0) is 20.8 Å². The molecule has 0 aromatic heterocycles. The third-order valence-electron chi connectivity index (χ3n) is 1.35. The fraction of sp³-hybridized carbons (Fsp3) is 0.889. The van der Waals surface area contributed by atoms with Crippen molar-refractivity contribution in [1.29, 1.82) is 0 Å². The summed E-state index contributed by atoms with van der Waals surface area (Å²) < 4.78 is 0. The maximum atomic E-state index is 3.90. The quantitative estimate of drug-likeness (QED) is 0.422. The SMILES string of the molecule is CC.CN=CN(C)C(C)(C)C. The van der Waals surface area contributed by atoms with Gasteiger partial charge < -0.3 is 4.90 Å². The highest BCUT2D eigenvalue weighted by atomic mass is 15.2. The van der Waals surface area contributed by atoms with Gasteiger partial charge in [-0.3, -0.25) is 4.99 Å². The van der Waals surface area contributed by atoms with Gasteiger partial charge in [0.05, 0.1) is 6.34 Å². The summed E-state index contributed by atoms with van der Waals surface area (Å²) in [4.78, 5) is 5.98. The normalized spacial score (nSPS) is 10.8. The lowest BCUT2D eigenvalue weighted by Crippen LogP contribution is -2.36. The van der Waals surface area contributed by atoms with Crippen LogP contribution in [0.5, 0.6) is 0 Å². The first kappa shape index (κ1) is 13.1. The van der Waals surface area contributed by atoms with Crippen LogP contribution in [0.3, 0.4) is 0 Å². The van der Waals surface area contributed by atoms with Gasteiger partial charge in [0.25, 0.3) is 0 Å². The average molecular weight is 158 g/mol. The van der Waals surface area contributed by atoms with E-state index in [0.29, 0.717) is 0 Å². The zero-order chi connectivity index (χ0) is 9.49. The van der Waals surface area contributed by atoms with Crippen molar-refractivity contribution in [3.63, 3.8) is 0 Å². The molecule has 0 bridgehead atoms. The fourth-order valence-corrected chi connectivity index (χ4v) is 0.346. The molecule has 0 spiro atoms. The van der Waals surface area contributed by atoms with E-state index in [1.807, 2.05) is 27.2 Å². The lowest BCUT2D eigenvalue weighted by atomic mass is 10.1. The molecular formula is C9H22N2. The third-order valence-corrected chi connectivity index (χ3v) is 1.35. The Balaban J connectivity index is 0. The summed E-state index contributed by atoms with van der Waals surface area (Å²) in [6, 6.07) is 0. The molecular weight excluding hydrogens is 136 g/mol. The van der Waals surface area contributed by atoms with Gasteiger partial charge >= 0.3 is 0 Å². The van der Waals surface area contributed by atoms with Crippen molar-refractivity contribution >= 4 is 6.34 Å². The predicted octanol–water partition coefficient (Wildman–Crippen LogP) is 2.40. The van der Waals surface area contributed by atoms with Crippen LogP contribution in [-0.4, -0.2) is 30.9 Å². The highest BCUT2D eigenvalue weighted by Gasteiger charge is 2.12. The van der Waals surface area contributed by atoms with Crippen molar-refractivity contribution in [2.45, 2.75) is 40.2 Å². The maximum absolute atomic E-state index is 3.90. The molecule has 0 unspecified atom stereocenters. The monoisotopic (exact) mass is 158 g/mol. The lowest BCUT2D eigenvalue weighted by Gasteiger charge is -2.29. The van der Waals surface area contributed by atoms with E-state index in [2.05, 4.69) is 30.7 Å². The summed E-state index contributed by atoms with van der Waals surface area (Å²) >= 11 is 0. The number of aliphatic imine (C=N–C) groups is 1. The third kappa shape index (κ3) is 7.37. The van der Waals surface area contributed by atoms with Crippen molar-refractivity contribution in [2.24, 2.45) is 4.99 Å². The number of hydrogen-bond acceptors (Lipinski definition) is 1. The van der Waals surface area contributed by atoms with Crippen LogP contribution in [0.4, 0.5) is 0 Å². The Bertz CT molecular complexity index is 101. The van der Waals surface area contributed by atoms with Gasteiger partial charge in [0.15, 0.2) is 0 Å². The van der Waals surface area contributed by atoms with Crippen LogP contribution < -0.4 is 0 Å². The smallest absolute Gasteiger partial charge is 0.0848 e. The van der Waals surface area contributed by atoms with E-state index in [1.54, 1.807) is 7.05 Å². The molecule has 0 saturated heterocycles. The van der Waals surface area contributed by atoms with E-state index >= 15 is 0 Å². The topological polar surface area (TPSA) is 15.6 Å². The van der Waals surface area contributed by atoms with Crippen LogP contribution in [0.1, 0.15) is 34.6 Å². The molecule has 0 heterocycles. The van der Waals surface area contributed by atoms with Crippen LogP contribution in [0.25, 0.3) is 0 Å². The Kier molecular flexibility index (Phi) is 7.37. The predicted molar refractivity (Wildman–Crippen MR) is 53.3 cm³/mol. The number of hydrogen-bond donors (Lipinski definition) is 0. The van der Waals surface area contributed by atoms with Crippen molar-refractivity contribution in [3.8, 4) is 0 Å². The first-order valence-corrected chi connectivity index (χ1v) is 4.13. The molecule has 0 radical (unpaired) electrons. The van der Waals surface area contributed by atoms with E-state index in [0.717, 1.165) is 0 Å². The van der Waals surface area contributed by atoms with Crippen molar-refractivity contribution in [3.05, 3.63) is 0 Å². The molecule has 0 atom stereocenters. The summed E-state index contributed by atoms with van der Waals surface area (Å²) in [6.07, 6.45) is 1.83. The Morgan fingerprint density at radius 2 is 1.55 bits per heavy atom. The maximum Gasteiger partial charge on any atom is 0.0848 e. The highest BCUT2D eigenvalue weighted by molar-refractivity contribution is 5.55. The summed E-state index contributed by atoms with van der Waals surface area (Å²) in [5.74, 6) is 0. The molecule has 0 amide bonds. The van der Waals surface area contributed by atoms with E-state index in [4.69, 9.17) is 0 Å². The Labute approximate surface area is 71.3 Å². The van der Waals surface area contributed by atoms with E-state index in [9.17, 15) is 0 Å². The molecule has 2 nitrogen and oxygen atoms in total. The molecule has 2 heteroatoms. The molecule has 0 aliphatic heterocycles. The minimum absolute atomic E-state index is 0.194. The minimum atomic E-state index is 0.194. The summed E-state index contributed by atoms with van der Waals surface area (Å²) in [5.41, 5.74) is 0.194. The van der Waals surface area contributed by atoms with Crippen molar-refractivity contribution in [1.82, 2.24) is 4.90 Å². The fourth-order valence-electron chi connectivity index (χ4n) is 0.346. The highest BCUT2D eigenvalue weighted by Crippen LogP contribution is 2.06. The Hall–Kier alpha value is -0.530. The lowest BCUT2D eigenvalue weighted by molar-refractivity contribution is 0.290. The second-order valence-electron chi connectivity index (χ2n) is 3.16. The molecule has 0 N–H and O–H groups in total. The minimum Gasteiger partial charge on any atom is -0.361 e. The number of rotatable bonds is 1. The van der Waals surface area contributed by atoms with Gasteiger partial charge in [-0.2, -0.15) is 0 Å². The van der Waals surface area contributed by atoms with Gasteiger partial charge in [-0.1, -0.05) is 13.8 Å². The first-order chi connectivity index (χ1) is 4.98. The zero-order valence-electron chi connectivity index (χ0n) is 8.97. The first-order valence-electron chi connectivity index (χ1n) is 4.13. The van der Waals surface area contributed by atoms with Crippen LogP contribution >= 0.6 is 0 Å². The standard InChI is InChI=1S/C7H16N2.C2H6/c1-7(2,3)9(5)6-8-4;1-2/h6H,1-5H3;1-2H3. The zero-order valence-corrected chi connectivity index (χ0v) is 8.97. The summed E-state index contributed by atoms with van der Waals surface area (Å²) in [5, 5.41) is 0. The van der Waals surface area contributed by atoms with Gasteiger partial charge in [0.2, 0.25) is 0 Å². The molecule has 0 rings (SSSR count). The van der Waals surface area contributed by atoms with Gasteiger partial charge in [0.1, 0.15) is 0 Å².